The second-order valence-electron chi connectivity index (χ2n) is 6.48. The van der Waals surface area contributed by atoms with E-state index in [1.54, 1.807) is 12.5 Å². The average Bonchev–Trinajstić information content (AvgIpc) is 3.33. The molecule has 0 fully saturated rings. The van der Waals surface area contributed by atoms with Gasteiger partial charge in [0.1, 0.15) is 6.26 Å². The number of hydrogen-bond acceptors (Lipinski definition) is 3. The number of rotatable bonds is 6. The lowest BCUT2D eigenvalue weighted by Crippen LogP contribution is -1.87. The Hall–Kier alpha value is -3.43. The van der Waals surface area contributed by atoms with Gasteiger partial charge < -0.3 is 9.52 Å². The van der Waals surface area contributed by atoms with Crippen molar-refractivity contribution in [1.82, 2.24) is 4.98 Å². The molecule has 0 spiro atoms. The van der Waals surface area contributed by atoms with E-state index in [2.05, 4.69) is 47.5 Å². The molecule has 4 aromatic rings. The number of aliphatic hydroxyl groups excluding tert-OH is 1. The highest BCUT2D eigenvalue weighted by atomic mass is 16.3. The number of aryl methyl sites for hydroxylation is 1. The number of hydrogen-bond donors (Lipinski definition) is 1. The fourth-order valence-electron chi connectivity index (χ4n) is 2.87. The minimum atomic E-state index is 0.287. The molecule has 0 amide bonds. The Balaban J connectivity index is 0.000000204. The zero-order chi connectivity index (χ0) is 20.2. The molecule has 1 aromatic heterocycles. The van der Waals surface area contributed by atoms with Gasteiger partial charge in [0.2, 0.25) is 5.89 Å². The van der Waals surface area contributed by atoms with Crippen LogP contribution < -0.4 is 0 Å². The highest BCUT2D eigenvalue weighted by molar-refractivity contribution is 5.78. The molecule has 3 nitrogen and oxygen atoms in total. The summed E-state index contributed by atoms with van der Waals surface area (Å²) in [7, 11) is 0. The maximum Gasteiger partial charge on any atom is 0.226 e. The Bertz CT molecular complexity index is 978. The number of aliphatic hydroxyl groups is 1. The zero-order valence-corrected chi connectivity index (χ0v) is 16.3. The highest BCUT2D eigenvalue weighted by Gasteiger charge is 2.05. The molecule has 0 aliphatic rings. The van der Waals surface area contributed by atoms with Crippen molar-refractivity contribution in [2.75, 3.05) is 6.61 Å². The SMILES string of the molecule is C(=Cc1ccccc1-c1ncco1)c1ccccc1.OCCCc1ccccc1. The van der Waals surface area contributed by atoms with E-state index in [0.29, 0.717) is 5.89 Å². The van der Waals surface area contributed by atoms with Gasteiger partial charge in [-0.3, -0.25) is 0 Å². The summed E-state index contributed by atoms with van der Waals surface area (Å²) in [6.45, 7) is 0.287. The first-order valence-corrected chi connectivity index (χ1v) is 9.73. The summed E-state index contributed by atoms with van der Waals surface area (Å²) in [6, 6.07) is 28.5. The molecule has 0 radical (unpaired) electrons. The van der Waals surface area contributed by atoms with Crippen molar-refractivity contribution in [2.45, 2.75) is 12.8 Å². The topological polar surface area (TPSA) is 46.3 Å². The average molecular weight is 383 g/mol. The van der Waals surface area contributed by atoms with E-state index in [-0.39, 0.29) is 6.61 Å². The number of nitrogens with zero attached hydrogens (tertiary/aromatic N) is 1. The van der Waals surface area contributed by atoms with Crippen LogP contribution in [-0.4, -0.2) is 16.7 Å². The molecule has 3 heteroatoms. The lowest BCUT2D eigenvalue weighted by Gasteiger charge is -2.01. The Morgan fingerprint density at radius 1 is 0.793 bits per heavy atom. The zero-order valence-electron chi connectivity index (χ0n) is 16.3. The quantitative estimate of drug-likeness (QED) is 0.408. The van der Waals surface area contributed by atoms with Gasteiger partial charge in [0.05, 0.1) is 6.20 Å². The van der Waals surface area contributed by atoms with Crippen LogP contribution in [0.1, 0.15) is 23.1 Å². The van der Waals surface area contributed by atoms with Crippen LogP contribution in [0.2, 0.25) is 0 Å². The molecule has 1 N–H and O–H groups in total. The minimum absolute atomic E-state index is 0.287. The third-order valence-corrected chi connectivity index (χ3v) is 4.34. The normalized spacial score (nSPS) is 10.5. The predicted octanol–water partition coefficient (Wildman–Crippen LogP) is 6.12. The maximum atomic E-state index is 8.53. The van der Waals surface area contributed by atoms with Crippen LogP contribution in [0.25, 0.3) is 23.6 Å². The van der Waals surface area contributed by atoms with E-state index in [4.69, 9.17) is 9.52 Å². The lowest BCUT2D eigenvalue weighted by molar-refractivity contribution is 0.288. The van der Waals surface area contributed by atoms with Gasteiger partial charge in [-0.15, -0.1) is 0 Å². The van der Waals surface area contributed by atoms with Crippen molar-refractivity contribution in [3.63, 3.8) is 0 Å². The highest BCUT2D eigenvalue weighted by Crippen LogP contribution is 2.23. The van der Waals surface area contributed by atoms with Gasteiger partial charge in [0, 0.05) is 12.2 Å². The Morgan fingerprint density at radius 2 is 1.48 bits per heavy atom. The maximum absolute atomic E-state index is 8.53. The van der Waals surface area contributed by atoms with Crippen LogP contribution >= 0.6 is 0 Å². The van der Waals surface area contributed by atoms with E-state index < -0.39 is 0 Å². The summed E-state index contributed by atoms with van der Waals surface area (Å²) in [4.78, 5) is 4.20. The molecule has 146 valence electrons. The van der Waals surface area contributed by atoms with Crippen molar-refractivity contribution in [2.24, 2.45) is 0 Å². The number of benzene rings is 3. The first-order valence-electron chi connectivity index (χ1n) is 9.73. The van der Waals surface area contributed by atoms with Gasteiger partial charge >= 0.3 is 0 Å². The molecule has 3 aromatic carbocycles. The van der Waals surface area contributed by atoms with Crippen LogP contribution in [0.3, 0.4) is 0 Å². The first kappa shape index (κ1) is 20.3. The van der Waals surface area contributed by atoms with Gasteiger partial charge in [-0.05, 0) is 35.6 Å². The molecule has 0 aliphatic heterocycles. The lowest BCUT2D eigenvalue weighted by atomic mass is 10.1. The molecule has 0 unspecified atom stereocenters. The molecular weight excluding hydrogens is 358 g/mol. The van der Waals surface area contributed by atoms with Gasteiger partial charge in [0.15, 0.2) is 0 Å². The molecule has 0 bridgehead atoms. The Kier molecular flexibility index (Phi) is 8.00. The molecular formula is C26H25NO2. The summed E-state index contributed by atoms with van der Waals surface area (Å²) in [5.74, 6) is 0.647. The van der Waals surface area contributed by atoms with Crippen molar-refractivity contribution >= 4 is 12.2 Å². The van der Waals surface area contributed by atoms with E-state index >= 15 is 0 Å². The molecule has 4 rings (SSSR count). The summed E-state index contributed by atoms with van der Waals surface area (Å²) < 4.78 is 5.37. The number of aromatic nitrogens is 1. The smallest absolute Gasteiger partial charge is 0.226 e. The van der Waals surface area contributed by atoms with Crippen LogP contribution in [0.5, 0.6) is 0 Å². The molecule has 0 saturated heterocycles. The fourth-order valence-corrected chi connectivity index (χ4v) is 2.87. The van der Waals surface area contributed by atoms with Crippen molar-refractivity contribution in [3.05, 3.63) is 114 Å². The monoisotopic (exact) mass is 383 g/mol. The molecule has 0 atom stereocenters. The van der Waals surface area contributed by atoms with Crippen molar-refractivity contribution in [3.8, 4) is 11.5 Å². The third kappa shape index (κ3) is 6.59. The van der Waals surface area contributed by atoms with Crippen LogP contribution in [0, 0.1) is 0 Å². The van der Waals surface area contributed by atoms with Gasteiger partial charge in [-0.25, -0.2) is 4.98 Å². The van der Waals surface area contributed by atoms with Crippen LogP contribution in [-0.2, 0) is 6.42 Å². The van der Waals surface area contributed by atoms with Crippen LogP contribution in [0.4, 0.5) is 0 Å². The van der Waals surface area contributed by atoms with Crippen molar-refractivity contribution in [1.29, 1.82) is 0 Å². The molecule has 0 aliphatic carbocycles. The van der Waals surface area contributed by atoms with Gasteiger partial charge in [0.25, 0.3) is 0 Å². The van der Waals surface area contributed by atoms with Gasteiger partial charge in [-0.2, -0.15) is 0 Å². The molecule has 1 heterocycles. The van der Waals surface area contributed by atoms with E-state index in [1.807, 2.05) is 54.6 Å². The van der Waals surface area contributed by atoms with E-state index in [9.17, 15) is 0 Å². The Morgan fingerprint density at radius 3 is 2.17 bits per heavy atom. The molecule has 29 heavy (non-hydrogen) atoms. The Labute approximate surface area is 172 Å². The second-order valence-corrected chi connectivity index (χ2v) is 6.48. The first-order chi connectivity index (χ1) is 14.4. The number of oxazole rings is 1. The largest absolute Gasteiger partial charge is 0.445 e. The van der Waals surface area contributed by atoms with Crippen molar-refractivity contribution < 1.29 is 9.52 Å². The summed E-state index contributed by atoms with van der Waals surface area (Å²) in [5, 5.41) is 8.53. The minimum Gasteiger partial charge on any atom is -0.445 e. The third-order valence-electron chi connectivity index (χ3n) is 4.34. The van der Waals surface area contributed by atoms with E-state index in [0.717, 1.165) is 24.0 Å². The second kappa shape index (κ2) is 11.4. The fraction of sp³-hybridized carbons (Fsp3) is 0.115. The van der Waals surface area contributed by atoms with E-state index in [1.165, 1.54) is 11.1 Å². The summed E-state index contributed by atoms with van der Waals surface area (Å²) >= 11 is 0. The summed E-state index contributed by atoms with van der Waals surface area (Å²) in [5.41, 5.74) is 4.56. The van der Waals surface area contributed by atoms with Gasteiger partial charge in [-0.1, -0.05) is 91.0 Å². The predicted molar refractivity (Wildman–Crippen MR) is 119 cm³/mol. The molecule has 0 saturated carbocycles. The standard InChI is InChI=1S/C17H13NO.C9H12O/c1-2-6-14(7-3-1)10-11-15-8-4-5-9-16(15)17-18-12-13-19-17;10-8-4-7-9-5-2-1-3-6-9/h1-13H;1-3,5-6,10H,4,7-8H2. The summed E-state index contributed by atoms with van der Waals surface area (Å²) in [6.07, 6.45) is 9.26. The van der Waals surface area contributed by atoms with Crippen LogP contribution in [0.15, 0.2) is 102 Å².